The Balaban J connectivity index is 0.00000361. The van der Waals surface area contributed by atoms with Crippen LogP contribution in [0.1, 0.15) is 52.4 Å². The van der Waals surface area contributed by atoms with Crippen LogP contribution in [0.15, 0.2) is 0 Å². The van der Waals surface area contributed by atoms with Gasteiger partial charge in [-0.15, -0.1) is 12.4 Å². The quantitative estimate of drug-likeness (QED) is 0.788. The number of carboxylic acid groups (broad SMARTS) is 1. The van der Waals surface area contributed by atoms with Crippen molar-refractivity contribution < 1.29 is 14.7 Å². The van der Waals surface area contributed by atoms with E-state index in [1.54, 1.807) is 6.92 Å². The molecule has 2 unspecified atom stereocenters. The molecule has 2 atom stereocenters. The number of amides is 1. The molecule has 1 saturated heterocycles. The van der Waals surface area contributed by atoms with E-state index in [-0.39, 0.29) is 18.3 Å². The molecular weight excluding hydrogens is 280 g/mol. The SMILES string of the molecule is CCCC(NC(C)C(=O)N1CCCCCC1)C(=O)O.Cl. The van der Waals surface area contributed by atoms with Crippen molar-refractivity contribution in [2.24, 2.45) is 0 Å². The van der Waals surface area contributed by atoms with Crippen LogP contribution >= 0.6 is 12.4 Å². The first kappa shape index (κ1) is 19.2. The zero-order chi connectivity index (χ0) is 14.3. The molecule has 0 bridgehead atoms. The number of nitrogens with one attached hydrogen (secondary N) is 1. The third-order valence-corrected chi connectivity index (χ3v) is 3.61. The lowest BCUT2D eigenvalue weighted by Crippen LogP contribution is -2.50. The molecule has 0 spiro atoms. The van der Waals surface area contributed by atoms with Crippen molar-refractivity contribution in [2.75, 3.05) is 13.1 Å². The molecule has 0 radical (unpaired) electrons. The standard InChI is InChI=1S/C14H26N2O3.ClH/c1-3-8-12(14(18)19)15-11(2)13(17)16-9-6-4-5-7-10-16;/h11-12,15H,3-10H2,1-2H3,(H,18,19);1H. The van der Waals surface area contributed by atoms with Crippen LogP contribution in [0, 0.1) is 0 Å². The van der Waals surface area contributed by atoms with Crippen molar-refractivity contribution in [3.05, 3.63) is 0 Å². The fourth-order valence-electron chi connectivity index (χ4n) is 2.50. The van der Waals surface area contributed by atoms with Gasteiger partial charge >= 0.3 is 5.97 Å². The molecule has 1 rings (SSSR count). The molecule has 0 aromatic rings. The number of rotatable bonds is 6. The summed E-state index contributed by atoms with van der Waals surface area (Å²) >= 11 is 0. The second kappa shape index (κ2) is 10.00. The van der Waals surface area contributed by atoms with E-state index >= 15 is 0 Å². The molecule has 0 saturated carbocycles. The van der Waals surface area contributed by atoms with Crippen LogP contribution < -0.4 is 5.32 Å². The Kier molecular flexibility index (Phi) is 9.59. The van der Waals surface area contributed by atoms with E-state index in [2.05, 4.69) is 5.32 Å². The van der Waals surface area contributed by atoms with Crippen LogP contribution in [0.3, 0.4) is 0 Å². The number of carbonyl (C=O) groups excluding carboxylic acids is 1. The summed E-state index contributed by atoms with van der Waals surface area (Å²) in [5, 5.41) is 12.0. The number of nitrogens with zero attached hydrogens (tertiary/aromatic N) is 1. The lowest BCUT2D eigenvalue weighted by molar-refractivity contribution is -0.140. The van der Waals surface area contributed by atoms with E-state index < -0.39 is 18.1 Å². The Labute approximate surface area is 127 Å². The first-order valence-electron chi connectivity index (χ1n) is 7.34. The average Bonchev–Trinajstić information content (AvgIpc) is 2.65. The average molecular weight is 307 g/mol. The highest BCUT2D eigenvalue weighted by atomic mass is 35.5. The molecule has 1 heterocycles. The summed E-state index contributed by atoms with van der Waals surface area (Å²) < 4.78 is 0. The predicted molar refractivity (Wildman–Crippen MR) is 81.2 cm³/mol. The Morgan fingerprint density at radius 2 is 1.75 bits per heavy atom. The van der Waals surface area contributed by atoms with Gasteiger partial charge in [0, 0.05) is 13.1 Å². The fraction of sp³-hybridized carbons (Fsp3) is 0.857. The summed E-state index contributed by atoms with van der Waals surface area (Å²) in [6, 6.07) is -1.05. The van der Waals surface area contributed by atoms with Gasteiger partial charge in [-0.3, -0.25) is 14.9 Å². The molecule has 1 aliphatic rings. The topological polar surface area (TPSA) is 69.6 Å². The molecule has 0 aromatic heterocycles. The van der Waals surface area contributed by atoms with Gasteiger partial charge < -0.3 is 10.0 Å². The Morgan fingerprint density at radius 1 is 1.20 bits per heavy atom. The maximum Gasteiger partial charge on any atom is 0.320 e. The summed E-state index contributed by atoms with van der Waals surface area (Å²) in [6.45, 7) is 5.31. The minimum atomic E-state index is -0.877. The van der Waals surface area contributed by atoms with Gasteiger partial charge in [-0.1, -0.05) is 26.2 Å². The van der Waals surface area contributed by atoms with Crippen molar-refractivity contribution in [1.82, 2.24) is 10.2 Å². The number of carboxylic acids is 1. The normalized spacial score (nSPS) is 18.6. The van der Waals surface area contributed by atoms with Crippen LogP contribution in [-0.4, -0.2) is 47.1 Å². The molecule has 1 amide bonds. The molecule has 0 aliphatic carbocycles. The molecule has 2 N–H and O–H groups in total. The van der Waals surface area contributed by atoms with E-state index in [0.29, 0.717) is 6.42 Å². The van der Waals surface area contributed by atoms with Gasteiger partial charge in [0.1, 0.15) is 6.04 Å². The summed E-state index contributed by atoms with van der Waals surface area (Å²) in [7, 11) is 0. The van der Waals surface area contributed by atoms with E-state index in [4.69, 9.17) is 5.11 Å². The summed E-state index contributed by atoms with van der Waals surface area (Å²) in [4.78, 5) is 25.2. The lowest BCUT2D eigenvalue weighted by atomic mass is 10.1. The maximum absolute atomic E-state index is 12.3. The minimum Gasteiger partial charge on any atom is -0.480 e. The van der Waals surface area contributed by atoms with Gasteiger partial charge in [0.2, 0.25) is 5.91 Å². The van der Waals surface area contributed by atoms with E-state index in [1.807, 2.05) is 11.8 Å². The van der Waals surface area contributed by atoms with Gasteiger partial charge in [-0.2, -0.15) is 0 Å². The summed E-state index contributed by atoms with van der Waals surface area (Å²) in [6.07, 6.45) is 5.80. The van der Waals surface area contributed by atoms with E-state index in [0.717, 1.165) is 32.4 Å². The third-order valence-electron chi connectivity index (χ3n) is 3.61. The van der Waals surface area contributed by atoms with E-state index in [1.165, 1.54) is 12.8 Å². The maximum atomic E-state index is 12.3. The number of hydrogen-bond donors (Lipinski definition) is 2. The molecule has 1 fully saturated rings. The molecule has 118 valence electrons. The lowest BCUT2D eigenvalue weighted by Gasteiger charge is -2.26. The first-order valence-corrected chi connectivity index (χ1v) is 7.34. The molecule has 1 aliphatic heterocycles. The minimum absolute atomic E-state index is 0. The van der Waals surface area contributed by atoms with Gasteiger partial charge in [0.25, 0.3) is 0 Å². The van der Waals surface area contributed by atoms with Gasteiger partial charge in [0.05, 0.1) is 6.04 Å². The van der Waals surface area contributed by atoms with E-state index in [9.17, 15) is 9.59 Å². The van der Waals surface area contributed by atoms with Crippen LogP contribution in [0.5, 0.6) is 0 Å². The van der Waals surface area contributed by atoms with Gasteiger partial charge in [0.15, 0.2) is 0 Å². The highest BCUT2D eigenvalue weighted by Crippen LogP contribution is 2.11. The molecule has 20 heavy (non-hydrogen) atoms. The van der Waals surface area contributed by atoms with Crippen molar-refractivity contribution in [1.29, 1.82) is 0 Å². The Bertz CT molecular complexity index is 305. The zero-order valence-electron chi connectivity index (χ0n) is 12.4. The van der Waals surface area contributed by atoms with Crippen molar-refractivity contribution in [3.63, 3.8) is 0 Å². The highest BCUT2D eigenvalue weighted by Gasteiger charge is 2.25. The number of hydrogen-bond acceptors (Lipinski definition) is 3. The van der Waals surface area contributed by atoms with Gasteiger partial charge in [-0.05, 0) is 26.2 Å². The first-order chi connectivity index (χ1) is 9.06. The second-order valence-corrected chi connectivity index (χ2v) is 5.31. The van der Waals surface area contributed by atoms with Crippen LogP contribution in [0.25, 0.3) is 0 Å². The number of aliphatic carboxylic acids is 1. The molecule has 5 nitrogen and oxygen atoms in total. The smallest absolute Gasteiger partial charge is 0.320 e. The summed E-state index contributed by atoms with van der Waals surface area (Å²) in [5.74, 6) is -0.846. The monoisotopic (exact) mass is 306 g/mol. The number of carbonyl (C=O) groups is 2. The van der Waals surface area contributed by atoms with Crippen LogP contribution in [0.4, 0.5) is 0 Å². The van der Waals surface area contributed by atoms with Gasteiger partial charge in [-0.25, -0.2) is 0 Å². The van der Waals surface area contributed by atoms with Crippen LogP contribution in [-0.2, 0) is 9.59 Å². The fourth-order valence-corrected chi connectivity index (χ4v) is 2.50. The predicted octanol–water partition coefficient (Wildman–Crippen LogP) is 2.04. The number of likely N-dealkylation sites (tertiary alicyclic amines) is 1. The van der Waals surface area contributed by atoms with Crippen molar-refractivity contribution in [3.8, 4) is 0 Å². The molecule has 6 heteroatoms. The second-order valence-electron chi connectivity index (χ2n) is 5.31. The highest BCUT2D eigenvalue weighted by molar-refractivity contribution is 5.85. The molecular formula is C14H27ClN2O3. The Morgan fingerprint density at radius 3 is 2.20 bits per heavy atom. The largest absolute Gasteiger partial charge is 0.480 e. The third kappa shape index (κ3) is 6.09. The Hall–Kier alpha value is -0.810. The number of halogens is 1. The summed E-state index contributed by atoms with van der Waals surface area (Å²) in [5.41, 5.74) is 0. The molecule has 0 aromatic carbocycles. The van der Waals surface area contributed by atoms with Crippen molar-refractivity contribution in [2.45, 2.75) is 64.5 Å². The van der Waals surface area contributed by atoms with Crippen molar-refractivity contribution >= 4 is 24.3 Å². The van der Waals surface area contributed by atoms with Crippen LogP contribution in [0.2, 0.25) is 0 Å². The zero-order valence-corrected chi connectivity index (χ0v) is 13.2.